The molecule has 0 fully saturated rings. The largest absolute Gasteiger partial charge is 0.545 e. The van der Waals surface area contributed by atoms with E-state index >= 15 is 0 Å². The number of carboxylic acid groups (broad SMARTS) is 1. The fourth-order valence-electron chi connectivity index (χ4n) is 1.99. The Morgan fingerprint density at radius 3 is 2.29 bits per heavy atom. The molecule has 0 radical (unpaired) electrons. The topological polar surface area (TPSA) is 57.2 Å². The van der Waals surface area contributed by atoms with E-state index in [1.54, 1.807) is 18.2 Å². The summed E-state index contributed by atoms with van der Waals surface area (Å²) in [5.41, 5.74) is 3.53. The number of carboxylic acids is 1. The summed E-state index contributed by atoms with van der Waals surface area (Å²) < 4.78 is 0. The third-order valence-corrected chi connectivity index (χ3v) is 3.23. The molecule has 0 aliphatic carbocycles. The average molecular weight is 279 g/mol. The molecule has 0 heterocycles. The molecule has 0 saturated heterocycles. The quantitative estimate of drug-likeness (QED) is 0.638. The first-order valence-electron chi connectivity index (χ1n) is 6.58. The van der Waals surface area contributed by atoms with Crippen LogP contribution in [-0.2, 0) is 0 Å². The van der Waals surface area contributed by atoms with E-state index in [0.29, 0.717) is 5.56 Å². The molecule has 0 amide bonds. The van der Waals surface area contributed by atoms with Gasteiger partial charge in [-0.25, -0.2) is 0 Å². The monoisotopic (exact) mass is 279 g/mol. The Hall–Kier alpha value is -2.68. The van der Waals surface area contributed by atoms with Crippen LogP contribution in [0.3, 0.4) is 0 Å². The number of aryl methyl sites for hydroxylation is 2. The number of hydrogen-bond acceptors (Lipinski definition) is 3. The summed E-state index contributed by atoms with van der Waals surface area (Å²) in [5, 5.41) is 10.6. The number of hydrogen-bond donors (Lipinski definition) is 0. The summed E-state index contributed by atoms with van der Waals surface area (Å²) in [4.78, 5) is 22.8. The first kappa shape index (κ1) is 14.7. The second-order valence-electron chi connectivity index (χ2n) is 4.93. The van der Waals surface area contributed by atoms with E-state index in [2.05, 4.69) is 0 Å². The van der Waals surface area contributed by atoms with Gasteiger partial charge < -0.3 is 9.90 Å². The van der Waals surface area contributed by atoms with Crippen LogP contribution in [-0.4, -0.2) is 11.8 Å². The van der Waals surface area contributed by atoms with Crippen molar-refractivity contribution in [3.63, 3.8) is 0 Å². The summed E-state index contributed by atoms with van der Waals surface area (Å²) in [5.74, 6) is -1.28. The molecule has 2 aromatic rings. The first-order valence-corrected chi connectivity index (χ1v) is 6.58. The maximum Gasteiger partial charge on any atom is 0.186 e. The Balaban J connectivity index is 2.18. The van der Waals surface area contributed by atoms with Crippen LogP contribution < -0.4 is 5.11 Å². The Morgan fingerprint density at radius 1 is 1.00 bits per heavy atom. The average Bonchev–Trinajstić information content (AvgIpc) is 2.47. The van der Waals surface area contributed by atoms with Crippen molar-refractivity contribution in [2.75, 3.05) is 0 Å². The highest BCUT2D eigenvalue weighted by Crippen LogP contribution is 2.13. The third kappa shape index (κ3) is 3.66. The molecule has 0 saturated carbocycles. The van der Waals surface area contributed by atoms with Crippen LogP contribution in [0.5, 0.6) is 0 Å². The highest BCUT2D eigenvalue weighted by Gasteiger charge is 2.05. The number of aromatic carboxylic acids is 1. The number of ketones is 1. The molecule has 3 heteroatoms. The van der Waals surface area contributed by atoms with Gasteiger partial charge in [0, 0.05) is 5.56 Å². The smallest absolute Gasteiger partial charge is 0.186 e. The van der Waals surface area contributed by atoms with E-state index in [1.807, 2.05) is 32.0 Å². The maximum atomic E-state index is 12.2. The molecule has 0 aliphatic rings. The molecular weight excluding hydrogens is 264 g/mol. The first-order chi connectivity index (χ1) is 9.97. The molecule has 0 unspecified atom stereocenters. The van der Waals surface area contributed by atoms with Gasteiger partial charge in [0.2, 0.25) is 0 Å². The van der Waals surface area contributed by atoms with Gasteiger partial charge in [0.05, 0.1) is 5.97 Å². The Kier molecular flexibility index (Phi) is 4.33. The SMILES string of the molecule is Cc1ccc(C)c(C(=O)/C=C/c2ccc(C(=O)[O-])cc2)c1. The van der Waals surface area contributed by atoms with Gasteiger partial charge >= 0.3 is 0 Å². The number of carbonyl (C=O) groups is 2. The van der Waals surface area contributed by atoms with Crippen LogP contribution in [0.15, 0.2) is 48.5 Å². The molecular formula is C18H15O3-. The Labute approximate surface area is 123 Å². The van der Waals surface area contributed by atoms with Crippen molar-refractivity contribution in [1.29, 1.82) is 0 Å². The normalized spacial score (nSPS) is 10.8. The number of benzene rings is 2. The van der Waals surface area contributed by atoms with Gasteiger partial charge in [-0.3, -0.25) is 4.79 Å². The summed E-state index contributed by atoms with van der Waals surface area (Å²) in [6.45, 7) is 3.84. The second kappa shape index (κ2) is 6.18. The van der Waals surface area contributed by atoms with Gasteiger partial charge in [-0.15, -0.1) is 0 Å². The fraction of sp³-hybridized carbons (Fsp3) is 0.111. The number of allylic oxidation sites excluding steroid dienone is 1. The molecule has 0 atom stereocenters. The van der Waals surface area contributed by atoms with Crippen LogP contribution in [0.2, 0.25) is 0 Å². The predicted molar refractivity (Wildman–Crippen MR) is 80.1 cm³/mol. The van der Waals surface area contributed by atoms with Crippen molar-refractivity contribution in [3.8, 4) is 0 Å². The standard InChI is InChI=1S/C18H16O3/c1-12-3-4-13(2)16(11-12)17(19)10-7-14-5-8-15(9-6-14)18(20)21/h3-11H,1-2H3,(H,20,21)/p-1/b10-7+. The minimum Gasteiger partial charge on any atom is -0.545 e. The minimum absolute atomic E-state index is 0.0693. The lowest BCUT2D eigenvalue weighted by Crippen LogP contribution is -2.21. The highest BCUT2D eigenvalue weighted by atomic mass is 16.4. The van der Waals surface area contributed by atoms with Gasteiger partial charge in [-0.1, -0.05) is 48.0 Å². The van der Waals surface area contributed by atoms with Crippen molar-refractivity contribution in [1.82, 2.24) is 0 Å². The Bertz CT molecular complexity index is 710. The number of rotatable bonds is 4. The van der Waals surface area contributed by atoms with Gasteiger partial charge in [0.25, 0.3) is 0 Å². The summed E-state index contributed by atoms with van der Waals surface area (Å²) in [6, 6.07) is 11.9. The molecule has 0 aromatic heterocycles. The van der Waals surface area contributed by atoms with Crippen molar-refractivity contribution in [2.45, 2.75) is 13.8 Å². The van der Waals surface area contributed by atoms with Crippen molar-refractivity contribution in [2.24, 2.45) is 0 Å². The van der Waals surface area contributed by atoms with Crippen molar-refractivity contribution in [3.05, 3.63) is 76.4 Å². The van der Waals surface area contributed by atoms with Gasteiger partial charge in [-0.2, -0.15) is 0 Å². The summed E-state index contributed by atoms with van der Waals surface area (Å²) >= 11 is 0. The molecule has 0 N–H and O–H groups in total. The van der Waals surface area contributed by atoms with E-state index in [4.69, 9.17) is 0 Å². The second-order valence-corrected chi connectivity index (χ2v) is 4.93. The fourth-order valence-corrected chi connectivity index (χ4v) is 1.99. The molecule has 0 spiro atoms. The van der Waals surface area contributed by atoms with E-state index < -0.39 is 5.97 Å². The Morgan fingerprint density at radius 2 is 1.67 bits per heavy atom. The van der Waals surface area contributed by atoms with Crippen LogP contribution in [0, 0.1) is 13.8 Å². The minimum atomic E-state index is -1.21. The third-order valence-electron chi connectivity index (χ3n) is 3.23. The molecule has 2 rings (SSSR count). The summed E-state index contributed by atoms with van der Waals surface area (Å²) in [6.07, 6.45) is 3.17. The zero-order valence-electron chi connectivity index (χ0n) is 11.9. The zero-order chi connectivity index (χ0) is 15.4. The highest BCUT2D eigenvalue weighted by molar-refractivity contribution is 6.07. The van der Waals surface area contributed by atoms with Crippen LogP contribution in [0.25, 0.3) is 6.08 Å². The molecule has 0 aliphatic heterocycles. The van der Waals surface area contributed by atoms with Crippen LogP contribution in [0.4, 0.5) is 0 Å². The molecule has 106 valence electrons. The molecule has 21 heavy (non-hydrogen) atoms. The lowest BCUT2D eigenvalue weighted by atomic mass is 10.0. The van der Waals surface area contributed by atoms with Crippen molar-refractivity contribution < 1.29 is 14.7 Å². The van der Waals surface area contributed by atoms with Gasteiger partial charge in [-0.05, 0) is 42.7 Å². The van der Waals surface area contributed by atoms with Crippen LogP contribution in [0.1, 0.15) is 37.4 Å². The molecule has 0 bridgehead atoms. The lowest BCUT2D eigenvalue weighted by Gasteiger charge is -2.03. The van der Waals surface area contributed by atoms with E-state index in [-0.39, 0.29) is 11.3 Å². The van der Waals surface area contributed by atoms with Gasteiger partial charge in [0.1, 0.15) is 0 Å². The van der Waals surface area contributed by atoms with Gasteiger partial charge in [0.15, 0.2) is 5.78 Å². The van der Waals surface area contributed by atoms with E-state index in [1.165, 1.54) is 18.2 Å². The zero-order valence-corrected chi connectivity index (χ0v) is 11.9. The molecule has 3 nitrogen and oxygen atoms in total. The van der Waals surface area contributed by atoms with E-state index in [9.17, 15) is 14.7 Å². The van der Waals surface area contributed by atoms with Crippen molar-refractivity contribution >= 4 is 17.8 Å². The predicted octanol–water partition coefficient (Wildman–Crippen LogP) is 2.56. The summed E-state index contributed by atoms with van der Waals surface area (Å²) in [7, 11) is 0. The molecule has 2 aromatic carbocycles. The number of carbonyl (C=O) groups excluding carboxylic acids is 2. The van der Waals surface area contributed by atoms with E-state index in [0.717, 1.165) is 16.7 Å². The van der Waals surface area contributed by atoms with Crippen LogP contribution >= 0.6 is 0 Å². The maximum absolute atomic E-state index is 12.2. The lowest BCUT2D eigenvalue weighted by molar-refractivity contribution is -0.255.